The van der Waals surface area contributed by atoms with Crippen molar-refractivity contribution < 1.29 is 0 Å². The number of pyridine rings is 1. The van der Waals surface area contributed by atoms with Crippen molar-refractivity contribution in [2.45, 2.75) is 0 Å². The van der Waals surface area contributed by atoms with Gasteiger partial charge in [-0.05, 0) is 54.6 Å². The van der Waals surface area contributed by atoms with Gasteiger partial charge in [-0.3, -0.25) is 4.98 Å². The van der Waals surface area contributed by atoms with Gasteiger partial charge in [0.2, 0.25) is 0 Å². The molecule has 3 aromatic heterocycles. The van der Waals surface area contributed by atoms with Crippen molar-refractivity contribution in [3.05, 3.63) is 134 Å². The molecule has 0 bridgehead atoms. The maximum Gasteiger partial charge on any atom is 0.0785 e. The number of anilines is 3. The van der Waals surface area contributed by atoms with Crippen molar-refractivity contribution in [3.8, 4) is 11.4 Å². The quantitative estimate of drug-likeness (QED) is 0.238. The van der Waals surface area contributed by atoms with Crippen molar-refractivity contribution >= 4 is 60.7 Å². The van der Waals surface area contributed by atoms with Crippen LogP contribution in [0.15, 0.2) is 134 Å². The van der Waals surface area contributed by atoms with Crippen LogP contribution in [0, 0.1) is 0 Å². The lowest BCUT2D eigenvalue weighted by Gasteiger charge is -2.33. The first-order valence-corrected chi connectivity index (χ1v) is 13.2. The zero-order valence-corrected chi connectivity index (χ0v) is 21.0. The summed E-state index contributed by atoms with van der Waals surface area (Å²) >= 11 is 0. The third-order valence-electron chi connectivity index (χ3n) is 8.08. The van der Waals surface area contributed by atoms with E-state index in [0.29, 0.717) is 0 Å². The number of nitrogens with zero attached hydrogens (tertiary/aromatic N) is 4. The molecular formula is C35H22N4. The fraction of sp³-hybridized carbons (Fsp3) is 0. The predicted molar refractivity (Wildman–Crippen MR) is 161 cm³/mol. The Bertz CT molecular complexity index is 2180. The Kier molecular flexibility index (Phi) is 4.02. The van der Waals surface area contributed by atoms with E-state index in [4.69, 9.17) is 0 Å². The summed E-state index contributed by atoms with van der Waals surface area (Å²) in [6.45, 7) is 0. The van der Waals surface area contributed by atoms with Crippen LogP contribution in [0.25, 0.3) is 55.0 Å². The monoisotopic (exact) mass is 498 g/mol. The van der Waals surface area contributed by atoms with E-state index in [1.165, 1.54) is 43.9 Å². The summed E-state index contributed by atoms with van der Waals surface area (Å²) in [5.41, 5.74) is 10.5. The number of hydrogen-bond acceptors (Lipinski definition) is 2. The molecule has 0 aliphatic carbocycles. The molecule has 4 heterocycles. The summed E-state index contributed by atoms with van der Waals surface area (Å²) < 4.78 is 4.82. The molecule has 1 aliphatic rings. The van der Waals surface area contributed by atoms with Gasteiger partial charge in [-0.15, -0.1) is 0 Å². The lowest BCUT2D eigenvalue weighted by atomic mass is 10.1. The highest BCUT2D eigenvalue weighted by molar-refractivity contribution is 6.18. The van der Waals surface area contributed by atoms with Crippen LogP contribution in [0.3, 0.4) is 0 Å². The highest BCUT2D eigenvalue weighted by Crippen LogP contribution is 2.50. The van der Waals surface area contributed by atoms with E-state index in [-0.39, 0.29) is 0 Å². The summed E-state index contributed by atoms with van der Waals surface area (Å²) in [5, 5.41) is 4.87. The van der Waals surface area contributed by atoms with Crippen molar-refractivity contribution in [1.82, 2.24) is 14.1 Å². The molecule has 4 heteroatoms. The summed E-state index contributed by atoms with van der Waals surface area (Å²) in [6.07, 6.45) is 3.90. The second-order valence-electron chi connectivity index (χ2n) is 10.1. The first-order chi connectivity index (χ1) is 19.4. The molecule has 0 fully saturated rings. The normalized spacial score (nSPS) is 12.6. The number of aromatic nitrogens is 3. The third-order valence-corrected chi connectivity index (χ3v) is 8.08. The van der Waals surface area contributed by atoms with Gasteiger partial charge in [0, 0.05) is 45.3 Å². The molecule has 0 N–H and O–H groups in total. The summed E-state index contributed by atoms with van der Waals surface area (Å²) in [6, 6.07) is 43.6. The van der Waals surface area contributed by atoms with Gasteiger partial charge in [0.25, 0.3) is 0 Å². The van der Waals surface area contributed by atoms with Gasteiger partial charge in [-0.2, -0.15) is 0 Å². The Morgan fingerprint density at radius 1 is 0.436 bits per heavy atom. The topological polar surface area (TPSA) is 26.0 Å². The Labute approximate surface area is 224 Å². The number of rotatable bonds is 2. The SMILES string of the molecule is c1ccc(N2c3ccccc3-n3c4ccncc4c4cc(-n5c6ccccc6c6ccccc65)cc2c43)cc1. The highest BCUT2D eigenvalue weighted by atomic mass is 15.2. The minimum absolute atomic E-state index is 1.14. The summed E-state index contributed by atoms with van der Waals surface area (Å²) in [7, 11) is 0. The van der Waals surface area contributed by atoms with Gasteiger partial charge >= 0.3 is 0 Å². The molecule has 0 saturated heterocycles. The average Bonchev–Trinajstić information content (AvgIpc) is 3.52. The largest absolute Gasteiger partial charge is 0.309 e. The van der Waals surface area contributed by atoms with Crippen LogP contribution < -0.4 is 4.90 Å². The van der Waals surface area contributed by atoms with Crippen LogP contribution in [-0.4, -0.2) is 14.1 Å². The molecule has 4 nitrogen and oxygen atoms in total. The van der Waals surface area contributed by atoms with E-state index in [9.17, 15) is 0 Å². The smallest absolute Gasteiger partial charge is 0.0785 e. The Morgan fingerprint density at radius 3 is 1.85 bits per heavy atom. The van der Waals surface area contributed by atoms with Gasteiger partial charge in [-0.1, -0.05) is 66.7 Å². The van der Waals surface area contributed by atoms with E-state index in [1.54, 1.807) is 0 Å². The van der Waals surface area contributed by atoms with E-state index >= 15 is 0 Å². The maximum absolute atomic E-state index is 4.55. The molecule has 0 radical (unpaired) electrons. The fourth-order valence-corrected chi connectivity index (χ4v) is 6.53. The third kappa shape index (κ3) is 2.70. The second-order valence-corrected chi connectivity index (χ2v) is 10.1. The van der Waals surface area contributed by atoms with Crippen molar-refractivity contribution in [2.75, 3.05) is 4.90 Å². The minimum atomic E-state index is 1.14. The lowest BCUT2D eigenvalue weighted by Crippen LogP contribution is -2.18. The number of benzene rings is 5. The van der Waals surface area contributed by atoms with Crippen LogP contribution in [0.5, 0.6) is 0 Å². The maximum atomic E-state index is 4.55. The van der Waals surface area contributed by atoms with Crippen LogP contribution in [0.1, 0.15) is 0 Å². The lowest BCUT2D eigenvalue weighted by molar-refractivity contribution is 1.10. The standard InChI is InChI=1S/C35H22N4/c1-2-10-23(11-3-1)37-32-16-8-9-17-33(32)39-31-18-19-36-22-28(31)27-20-24(21-34(37)35(27)39)38-29-14-6-4-12-25(29)26-13-5-7-15-30(26)38/h1-22H. The number of fused-ring (bicyclic) bond motifs is 8. The molecular weight excluding hydrogens is 476 g/mol. The molecule has 0 unspecified atom stereocenters. The van der Waals surface area contributed by atoms with Gasteiger partial charge in [0.1, 0.15) is 0 Å². The van der Waals surface area contributed by atoms with Crippen LogP contribution in [-0.2, 0) is 0 Å². The van der Waals surface area contributed by atoms with Gasteiger partial charge < -0.3 is 14.0 Å². The van der Waals surface area contributed by atoms with Crippen LogP contribution in [0.4, 0.5) is 17.1 Å². The van der Waals surface area contributed by atoms with Gasteiger partial charge in [0.15, 0.2) is 0 Å². The molecule has 1 aliphatic heterocycles. The van der Waals surface area contributed by atoms with Crippen molar-refractivity contribution in [2.24, 2.45) is 0 Å². The van der Waals surface area contributed by atoms with Crippen LogP contribution in [0.2, 0.25) is 0 Å². The van der Waals surface area contributed by atoms with E-state index in [2.05, 4.69) is 140 Å². The van der Waals surface area contributed by atoms with Crippen LogP contribution >= 0.6 is 0 Å². The van der Waals surface area contributed by atoms with Crippen molar-refractivity contribution in [1.29, 1.82) is 0 Å². The Hall–Kier alpha value is -5.35. The molecule has 0 spiro atoms. The first-order valence-electron chi connectivity index (χ1n) is 13.2. The molecule has 9 rings (SSSR count). The highest BCUT2D eigenvalue weighted by Gasteiger charge is 2.29. The zero-order valence-electron chi connectivity index (χ0n) is 21.0. The molecule has 5 aromatic carbocycles. The average molecular weight is 499 g/mol. The Balaban J connectivity index is 1.49. The molecule has 39 heavy (non-hydrogen) atoms. The minimum Gasteiger partial charge on any atom is -0.309 e. The van der Waals surface area contributed by atoms with E-state index in [1.807, 2.05) is 12.4 Å². The van der Waals surface area contributed by atoms with Gasteiger partial charge in [-0.25, -0.2) is 0 Å². The second kappa shape index (κ2) is 7.59. The molecule has 182 valence electrons. The summed E-state index contributed by atoms with van der Waals surface area (Å²) in [4.78, 5) is 6.96. The molecule has 0 atom stereocenters. The number of para-hydroxylation sites is 5. The first kappa shape index (κ1) is 20.7. The number of hydrogen-bond donors (Lipinski definition) is 0. The molecule has 8 aromatic rings. The van der Waals surface area contributed by atoms with Gasteiger partial charge in [0.05, 0.1) is 39.1 Å². The molecule has 0 saturated carbocycles. The zero-order chi connectivity index (χ0) is 25.5. The fourth-order valence-electron chi connectivity index (χ4n) is 6.53. The van der Waals surface area contributed by atoms with E-state index in [0.717, 1.165) is 28.1 Å². The molecule has 0 amide bonds. The van der Waals surface area contributed by atoms with Crippen molar-refractivity contribution in [3.63, 3.8) is 0 Å². The predicted octanol–water partition coefficient (Wildman–Crippen LogP) is 9.06. The summed E-state index contributed by atoms with van der Waals surface area (Å²) in [5.74, 6) is 0. The van der Waals surface area contributed by atoms with E-state index < -0.39 is 0 Å². The Morgan fingerprint density at radius 2 is 1.08 bits per heavy atom.